The summed E-state index contributed by atoms with van der Waals surface area (Å²) in [4.78, 5) is 12.1. The lowest BCUT2D eigenvalue weighted by atomic mass is 10.1. The largest absolute Gasteiger partial charge is 0.497 e. The van der Waals surface area contributed by atoms with Gasteiger partial charge in [0.25, 0.3) is 5.91 Å². The number of hydrogen-bond acceptors (Lipinski definition) is 2. The second-order valence-corrected chi connectivity index (χ2v) is 4.31. The summed E-state index contributed by atoms with van der Waals surface area (Å²) in [7, 11) is 1.45. The number of halogens is 1. The van der Waals surface area contributed by atoms with Gasteiger partial charge in [-0.15, -0.1) is 0 Å². The van der Waals surface area contributed by atoms with Crippen molar-refractivity contribution < 1.29 is 13.9 Å². The van der Waals surface area contributed by atoms with E-state index in [-0.39, 0.29) is 5.56 Å². The maximum atomic E-state index is 13.8. The topological polar surface area (TPSA) is 38.3 Å². The third-order valence-corrected chi connectivity index (χ3v) is 3.07. The van der Waals surface area contributed by atoms with E-state index in [1.807, 2.05) is 25.1 Å². The molecule has 0 aromatic heterocycles. The molecule has 0 aliphatic carbocycles. The normalized spacial score (nSPS) is 10.2. The molecule has 2 aromatic carbocycles. The highest BCUT2D eigenvalue weighted by Gasteiger charge is 2.13. The van der Waals surface area contributed by atoms with E-state index in [0.717, 1.165) is 12.0 Å². The van der Waals surface area contributed by atoms with Crippen LogP contribution < -0.4 is 10.1 Å². The van der Waals surface area contributed by atoms with Gasteiger partial charge in [-0.25, -0.2) is 4.39 Å². The molecular weight excluding hydrogens is 257 g/mol. The van der Waals surface area contributed by atoms with Crippen LogP contribution in [0.1, 0.15) is 22.8 Å². The first-order valence-electron chi connectivity index (χ1n) is 6.38. The van der Waals surface area contributed by atoms with Crippen LogP contribution in [0.25, 0.3) is 0 Å². The Balaban J connectivity index is 2.24. The van der Waals surface area contributed by atoms with Gasteiger partial charge in [-0.2, -0.15) is 0 Å². The van der Waals surface area contributed by atoms with Crippen molar-refractivity contribution in [3.63, 3.8) is 0 Å². The number of carbonyl (C=O) groups excluding carboxylic acids is 1. The van der Waals surface area contributed by atoms with E-state index in [1.165, 1.54) is 19.2 Å². The number of rotatable bonds is 4. The first-order valence-corrected chi connectivity index (χ1v) is 6.38. The third-order valence-electron chi connectivity index (χ3n) is 3.07. The Morgan fingerprint density at radius 1 is 1.25 bits per heavy atom. The van der Waals surface area contributed by atoms with Crippen molar-refractivity contribution in [3.05, 3.63) is 59.4 Å². The monoisotopic (exact) mass is 273 g/mol. The fourth-order valence-electron chi connectivity index (χ4n) is 1.95. The van der Waals surface area contributed by atoms with Crippen molar-refractivity contribution in [3.8, 4) is 5.75 Å². The lowest BCUT2D eigenvalue weighted by Crippen LogP contribution is -2.14. The van der Waals surface area contributed by atoms with Crippen LogP contribution in [0.2, 0.25) is 0 Å². The van der Waals surface area contributed by atoms with Crippen LogP contribution in [0.3, 0.4) is 0 Å². The maximum Gasteiger partial charge on any atom is 0.258 e. The van der Waals surface area contributed by atoms with Crippen molar-refractivity contribution in [2.75, 3.05) is 12.4 Å². The van der Waals surface area contributed by atoms with Crippen LogP contribution in [0.5, 0.6) is 5.75 Å². The molecule has 0 fully saturated rings. The minimum Gasteiger partial charge on any atom is -0.497 e. The summed E-state index contributed by atoms with van der Waals surface area (Å²) in [5, 5.41) is 2.74. The molecule has 0 spiro atoms. The molecule has 0 aliphatic heterocycles. The van der Waals surface area contributed by atoms with Gasteiger partial charge < -0.3 is 10.1 Å². The van der Waals surface area contributed by atoms with Gasteiger partial charge in [-0.1, -0.05) is 25.1 Å². The van der Waals surface area contributed by atoms with Gasteiger partial charge in [-0.05, 0) is 30.2 Å². The van der Waals surface area contributed by atoms with E-state index < -0.39 is 11.7 Å². The first-order chi connectivity index (χ1) is 9.65. The molecule has 0 bridgehead atoms. The van der Waals surface area contributed by atoms with Crippen molar-refractivity contribution in [2.45, 2.75) is 13.3 Å². The quantitative estimate of drug-likeness (QED) is 0.923. The Labute approximate surface area is 117 Å². The lowest BCUT2D eigenvalue weighted by Gasteiger charge is -2.10. The molecule has 2 rings (SSSR count). The second-order valence-electron chi connectivity index (χ2n) is 4.31. The minimum absolute atomic E-state index is 0.00305. The van der Waals surface area contributed by atoms with E-state index in [2.05, 4.69) is 5.32 Å². The summed E-state index contributed by atoms with van der Waals surface area (Å²) in [6.45, 7) is 2.00. The zero-order valence-electron chi connectivity index (χ0n) is 11.4. The molecule has 104 valence electrons. The number of ether oxygens (including phenoxy) is 1. The molecule has 1 amide bonds. The molecule has 0 heterocycles. The Morgan fingerprint density at radius 3 is 2.65 bits per heavy atom. The van der Waals surface area contributed by atoms with E-state index >= 15 is 0 Å². The lowest BCUT2D eigenvalue weighted by molar-refractivity contribution is 0.102. The average molecular weight is 273 g/mol. The molecule has 2 aromatic rings. The average Bonchev–Trinajstić information content (AvgIpc) is 2.47. The molecule has 0 saturated carbocycles. The molecule has 0 radical (unpaired) electrons. The molecule has 0 saturated heterocycles. The van der Waals surface area contributed by atoms with Gasteiger partial charge in [0.15, 0.2) is 0 Å². The number of anilines is 1. The van der Waals surface area contributed by atoms with Crippen LogP contribution in [0, 0.1) is 5.82 Å². The van der Waals surface area contributed by atoms with E-state index in [9.17, 15) is 9.18 Å². The third kappa shape index (κ3) is 2.96. The summed E-state index contributed by atoms with van der Waals surface area (Å²) < 4.78 is 18.7. The van der Waals surface area contributed by atoms with E-state index in [1.54, 1.807) is 12.1 Å². The molecular formula is C16H16FNO2. The van der Waals surface area contributed by atoms with Gasteiger partial charge in [0, 0.05) is 11.8 Å². The Kier molecular flexibility index (Phi) is 4.35. The van der Waals surface area contributed by atoms with Crippen LogP contribution in [0.15, 0.2) is 42.5 Å². The zero-order valence-corrected chi connectivity index (χ0v) is 11.4. The fourth-order valence-corrected chi connectivity index (χ4v) is 1.95. The predicted octanol–water partition coefficient (Wildman–Crippen LogP) is 3.65. The van der Waals surface area contributed by atoms with Gasteiger partial charge in [0.1, 0.15) is 11.6 Å². The Hall–Kier alpha value is -2.36. The number of amides is 1. The summed E-state index contributed by atoms with van der Waals surface area (Å²) in [6, 6.07) is 11.6. The highest BCUT2D eigenvalue weighted by molar-refractivity contribution is 6.04. The molecule has 20 heavy (non-hydrogen) atoms. The first kappa shape index (κ1) is 14.1. The fraction of sp³-hybridized carbons (Fsp3) is 0.188. The number of para-hydroxylation sites is 1. The van der Waals surface area contributed by atoms with Gasteiger partial charge in [-0.3, -0.25) is 4.79 Å². The molecule has 0 unspecified atom stereocenters. The van der Waals surface area contributed by atoms with E-state index in [0.29, 0.717) is 11.4 Å². The van der Waals surface area contributed by atoms with Crippen LogP contribution in [-0.4, -0.2) is 13.0 Å². The number of nitrogens with one attached hydrogen (secondary N) is 1. The van der Waals surface area contributed by atoms with Gasteiger partial charge in [0.05, 0.1) is 12.7 Å². The summed E-state index contributed by atoms with van der Waals surface area (Å²) in [5.41, 5.74) is 1.71. The highest BCUT2D eigenvalue weighted by atomic mass is 19.1. The Bertz CT molecular complexity index is 626. The van der Waals surface area contributed by atoms with Crippen LogP contribution in [-0.2, 0) is 6.42 Å². The molecule has 1 N–H and O–H groups in total. The Morgan fingerprint density at radius 2 is 2.00 bits per heavy atom. The van der Waals surface area contributed by atoms with Crippen molar-refractivity contribution >= 4 is 11.6 Å². The molecule has 0 aliphatic rings. The molecule has 3 nitrogen and oxygen atoms in total. The summed E-state index contributed by atoms with van der Waals surface area (Å²) in [5.74, 6) is -0.685. The number of carbonyl (C=O) groups is 1. The minimum atomic E-state index is -0.601. The van der Waals surface area contributed by atoms with Gasteiger partial charge in [0.2, 0.25) is 0 Å². The molecule has 4 heteroatoms. The van der Waals surface area contributed by atoms with Crippen molar-refractivity contribution in [2.24, 2.45) is 0 Å². The van der Waals surface area contributed by atoms with Crippen molar-refractivity contribution in [1.29, 1.82) is 0 Å². The van der Waals surface area contributed by atoms with Crippen LogP contribution >= 0.6 is 0 Å². The standard InChI is InChI=1S/C16H16FNO2/c1-3-11-6-4-5-7-15(11)18-16(19)13-9-8-12(20-2)10-14(13)17/h4-10H,3H2,1-2H3,(H,18,19). The molecule has 0 atom stereocenters. The highest BCUT2D eigenvalue weighted by Crippen LogP contribution is 2.20. The SMILES string of the molecule is CCc1ccccc1NC(=O)c1ccc(OC)cc1F. The summed E-state index contributed by atoms with van der Waals surface area (Å²) >= 11 is 0. The number of methoxy groups -OCH3 is 1. The number of hydrogen-bond donors (Lipinski definition) is 1. The smallest absolute Gasteiger partial charge is 0.258 e. The zero-order chi connectivity index (χ0) is 14.5. The maximum absolute atomic E-state index is 13.8. The van der Waals surface area contributed by atoms with Gasteiger partial charge >= 0.3 is 0 Å². The second kappa shape index (κ2) is 6.19. The van der Waals surface area contributed by atoms with E-state index in [4.69, 9.17) is 4.74 Å². The number of benzene rings is 2. The van der Waals surface area contributed by atoms with Crippen LogP contribution in [0.4, 0.5) is 10.1 Å². The predicted molar refractivity (Wildman–Crippen MR) is 76.7 cm³/mol. The number of aryl methyl sites for hydroxylation is 1. The van der Waals surface area contributed by atoms with Crippen molar-refractivity contribution in [1.82, 2.24) is 0 Å². The summed E-state index contributed by atoms with van der Waals surface area (Å²) in [6.07, 6.45) is 0.793.